The molecular formula is C23H20N4O3S. The molecule has 4 aromatic rings. The molecule has 0 atom stereocenters. The SMILES string of the molecule is COc1cccc(/C=N\NC(=O)Cn2cnc3sc(C)c(-c4ccccc4)c3c2=O)c1. The van der Waals surface area contributed by atoms with Crippen LogP contribution in [0.15, 0.2) is 70.8 Å². The summed E-state index contributed by atoms with van der Waals surface area (Å²) in [6, 6.07) is 17.0. The third kappa shape index (κ3) is 4.39. The number of rotatable bonds is 6. The van der Waals surface area contributed by atoms with E-state index in [1.807, 2.05) is 55.5 Å². The molecule has 2 heterocycles. The molecule has 0 saturated carbocycles. The number of hydrogen-bond acceptors (Lipinski definition) is 6. The highest BCUT2D eigenvalue weighted by Crippen LogP contribution is 2.35. The molecule has 0 bridgehead atoms. The minimum Gasteiger partial charge on any atom is -0.497 e. The lowest BCUT2D eigenvalue weighted by atomic mass is 10.0. The summed E-state index contributed by atoms with van der Waals surface area (Å²) in [5, 5.41) is 4.49. The number of nitrogens with zero attached hydrogens (tertiary/aromatic N) is 3. The zero-order valence-electron chi connectivity index (χ0n) is 17.0. The van der Waals surface area contributed by atoms with Crippen molar-refractivity contribution in [3.63, 3.8) is 0 Å². The van der Waals surface area contributed by atoms with Crippen molar-refractivity contribution in [2.75, 3.05) is 7.11 Å². The summed E-state index contributed by atoms with van der Waals surface area (Å²) >= 11 is 1.47. The molecule has 2 aromatic heterocycles. The van der Waals surface area contributed by atoms with Crippen LogP contribution in [-0.2, 0) is 11.3 Å². The fraction of sp³-hybridized carbons (Fsp3) is 0.130. The summed E-state index contributed by atoms with van der Waals surface area (Å²) in [4.78, 5) is 31.5. The first-order valence-electron chi connectivity index (χ1n) is 9.56. The van der Waals surface area contributed by atoms with E-state index in [-0.39, 0.29) is 12.1 Å². The second-order valence-corrected chi connectivity index (χ2v) is 8.03. The lowest BCUT2D eigenvalue weighted by molar-refractivity contribution is -0.121. The van der Waals surface area contributed by atoms with Gasteiger partial charge in [-0.05, 0) is 30.2 Å². The van der Waals surface area contributed by atoms with Crippen LogP contribution < -0.4 is 15.7 Å². The standard InChI is InChI=1S/C23H20N4O3S/c1-15-20(17-8-4-3-5-9-17)21-22(31-15)24-14-27(23(21)29)13-19(28)26-25-12-16-7-6-10-18(11-16)30-2/h3-12,14H,13H2,1-2H3,(H,26,28)/b25-12-. The van der Waals surface area contributed by atoms with Gasteiger partial charge >= 0.3 is 0 Å². The van der Waals surface area contributed by atoms with E-state index in [2.05, 4.69) is 15.5 Å². The van der Waals surface area contributed by atoms with Crippen molar-refractivity contribution in [1.82, 2.24) is 15.0 Å². The molecule has 0 unspecified atom stereocenters. The molecule has 1 N–H and O–H groups in total. The van der Waals surface area contributed by atoms with Gasteiger partial charge in [0.05, 0.1) is 25.0 Å². The van der Waals surface area contributed by atoms with E-state index in [0.717, 1.165) is 21.6 Å². The quantitative estimate of drug-likeness (QED) is 0.373. The Labute approximate surface area is 182 Å². The number of nitrogens with one attached hydrogen (secondary N) is 1. The third-order valence-corrected chi connectivity index (χ3v) is 5.74. The molecule has 0 radical (unpaired) electrons. The fourth-order valence-electron chi connectivity index (χ4n) is 3.29. The first-order chi connectivity index (χ1) is 15.1. The van der Waals surface area contributed by atoms with Gasteiger partial charge in [0, 0.05) is 10.4 Å². The van der Waals surface area contributed by atoms with Crippen LogP contribution >= 0.6 is 11.3 Å². The number of aromatic nitrogens is 2. The number of hydrazone groups is 1. The molecular weight excluding hydrogens is 412 g/mol. The van der Waals surface area contributed by atoms with Crippen LogP contribution in [0.2, 0.25) is 0 Å². The maximum Gasteiger partial charge on any atom is 0.263 e. The van der Waals surface area contributed by atoms with Crippen molar-refractivity contribution < 1.29 is 9.53 Å². The average molecular weight is 433 g/mol. The summed E-state index contributed by atoms with van der Waals surface area (Å²) < 4.78 is 6.46. The average Bonchev–Trinajstić information content (AvgIpc) is 3.13. The molecule has 1 amide bonds. The van der Waals surface area contributed by atoms with E-state index in [1.54, 1.807) is 13.2 Å². The second-order valence-electron chi connectivity index (χ2n) is 6.83. The maximum absolute atomic E-state index is 13.1. The van der Waals surface area contributed by atoms with Crippen molar-refractivity contribution in [1.29, 1.82) is 0 Å². The van der Waals surface area contributed by atoms with Crippen LogP contribution in [0.5, 0.6) is 5.75 Å². The van der Waals surface area contributed by atoms with Crippen LogP contribution in [0.4, 0.5) is 0 Å². The third-order valence-electron chi connectivity index (χ3n) is 4.73. The number of methoxy groups -OCH3 is 1. The van der Waals surface area contributed by atoms with Gasteiger partial charge in [0.2, 0.25) is 0 Å². The van der Waals surface area contributed by atoms with Gasteiger partial charge in [-0.15, -0.1) is 11.3 Å². The Morgan fingerprint density at radius 3 is 2.81 bits per heavy atom. The predicted octanol–water partition coefficient (Wildman–Crippen LogP) is 3.59. The number of thiophene rings is 1. The van der Waals surface area contributed by atoms with Crippen molar-refractivity contribution in [2.24, 2.45) is 5.10 Å². The summed E-state index contributed by atoms with van der Waals surface area (Å²) in [7, 11) is 1.58. The second kappa shape index (κ2) is 8.93. The molecule has 0 aliphatic heterocycles. The largest absolute Gasteiger partial charge is 0.497 e. The number of aryl methyl sites for hydroxylation is 1. The maximum atomic E-state index is 13.1. The smallest absolute Gasteiger partial charge is 0.263 e. The summed E-state index contributed by atoms with van der Waals surface area (Å²) in [6.45, 7) is 1.79. The Kier molecular flexibility index (Phi) is 5.90. The summed E-state index contributed by atoms with van der Waals surface area (Å²) in [5.41, 5.74) is 4.80. The molecule has 156 valence electrons. The van der Waals surface area contributed by atoms with E-state index < -0.39 is 5.91 Å². The van der Waals surface area contributed by atoms with E-state index in [0.29, 0.717) is 16.0 Å². The summed E-state index contributed by atoms with van der Waals surface area (Å²) in [6.07, 6.45) is 2.92. The van der Waals surface area contributed by atoms with Gasteiger partial charge in [-0.1, -0.05) is 42.5 Å². The Balaban J connectivity index is 1.56. The highest BCUT2D eigenvalue weighted by Gasteiger charge is 2.17. The zero-order valence-corrected chi connectivity index (χ0v) is 17.8. The number of carbonyl (C=O) groups excluding carboxylic acids is 1. The van der Waals surface area contributed by atoms with Gasteiger partial charge in [0.25, 0.3) is 11.5 Å². The first-order valence-corrected chi connectivity index (χ1v) is 10.4. The van der Waals surface area contributed by atoms with Gasteiger partial charge in [0.15, 0.2) is 0 Å². The Hall–Kier alpha value is -3.78. The number of amides is 1. The van der Waals surface area contributed by atoms with Gasteiger partial charge in [-0.2, -0.15) is 5.10 Å². The lowest BCUT2D eigenvalue weighted by Gasteiger charge is -2.06. The first kappa shape index (κ1) is 20.5. The fourth-order valence-corrected chi connectivity index (χ4v) is 4.30. The number of carbonyl (C=O) groups is 1. The van der Waals surface area contributed by atoms with Crippen LogP contribution in [-0.4, -0.2) is 28.8 Å². The molecule has 0 fully saturated rings. The van der Waals surface area contributed by atoms with Gasteiger partial charge < -0.3 is 4.74 Å². The van der Waals surface area contributed by atoms with Gasteiger partial charge in [-0.25, -0.2) is 10.4 Å². The number of fused-ring (bicyclic) bond motifs is 1. The molecule has 4 rings (SSSR count). The molecule has 8 heteroatoms. The lowest BCUT2D eigenvalue weighted by Crippen LogP contribution is -2.30. The van der Waals surface area contributed by atoms with Crippen LogP contribution in [0.25, 0.3) is 21.3 Å². The van der Waals surface area contributed by atoms with Crippen LogP contribution in [0.1, 0.15) is 10.4 Å². The predicted molar refractivity (Wildman–Crippen MR) is 123 cm³/mol. The molecule has 0 saturated heterocycles. The van der Waals surface area contributed by atoms with E-state index in [9.17, 15) is 9.59 Å². The van der Waals surface area contributed by atoms with Crippen molar-refractivity contribution in [3.05, 3.63) is 81.7 Å². The van der Waals surface area contributed by atoms with Crippen molar-refractivity contribution in [3.8, 4) is 16.9 Å². The highest BCUT2D eigenvalue weighted by molar-refractivity contribution is 7.19. The molecule has 31 heavy (non-hydrogen) atoms. The van der Waals surface area contributed by atoms with Crippen molar-refractivity contribution in [2.45, 2.75) is 13.5 Å². The highest BCUT2D eigenvalue weighted by atomic mass is 32.1. The van der Waals surface area contributed by atoms with E-state index >= 15 is 0 Å². The van der Waals surface area contributed by atoms with Crippen LogP contribution in [0.3, 0.4) is 0 Å². The number of ether oxygens (including phenoxy) is 1. The van der Waals surface area contributed by atoms with Gasteiger partial charge in [0.1, 0.15) is 17.1 Å². The van der Waals surface area contributed by atoms with E-state index in [1.165, 1.54) is 28.4 Å². The molecule has 2 aromatic carbocycles. The van der Waals surface area contributed by atoms with Gasteiger partial charge in [-0.3, -0.25) is 14.2 Å². The minimum absolute atomic E-state index is 0.180. The molecule has 7 nitrogen and oxygen atoms in total. The Morgan fingerprint density at radius 2 is 2.03 bits per heavy atom. The normalized spacial score (nSPS) is 11.2. The van der Waals surface area contributed by atoms with E-state index in [4.69, 9.17) is 4.74 Å². The Morgan fingerprint density at radius 1 is 1.23 bits per heavy atom. The van der Waals surface area contributed by atoms with Crippen LogP contribution in [0, 0.1) is 6.92 Å². The number of benzene rings is 2. The monoisotopic (exact) mass is 432 g/mol. The molecule has 0 aliphatic carbocycles. The summed E-state index contributed by atoms with van der Waals surface area (Å²) in [5.74, 6) is 0.275. The molecule has 0 spiro atoms. The number of hydrogen-bond donors (Lipinski definition) is 1. The van der Waals surface area contributed by atoms with Crippen molar-refractivity contribution >= 4 is 33.7 Å². The minimum atomic E-state index is -0.421. The Bertz CT molecular complexity index is 1330. The topological polar surface area (TPSA) is 85.6 Å². The zero-order chi connectivity index (χ0) is 21.8. The molecule has 0 aliphatic rings.